The minimum atomic E-state index is -0.708. The molecular weight excluding hydrogens is 422 g/mol. The van der Waals surface area contributed by atoms with Crippen LogP contribution in [0.15, 0.2) is 30.3 Å². The van der Waals surface area contributed by atoms with Crippen molar-refractivity contribution in [3.8, 4) is 0 Å². The van der Waals surface area contributed by atoms with Gasteiger partial charge in [0.1, 0.15) is 24.6 Å². The van der Waals surface area contributed by atoms with Crippen LogP contribution in [0.3, 0.4) is 0 Å². The van der Waals surface area contributed by atoms with Crippen LogP contribution >= 0.6 is 11.3 Å². The van der Waals surface area contributed by atoms with E-state index in [2.05, 4.69) is 15.6 Å². The summed E-state index contributed by atoms with van der Waals surface area (Å²) in [5.41, 5.74) is -0.0834. The molecule has 2 amide bonds. The van der Waals surface area contributed by atoms with Gasteiger partial charge in [0.25, 0.3) is 11.8 Å². The number of carbonyl (C=O) groups is 4. The highest BCUT2D eigenvalue weighted by molar-refractivity contribution is 7.15. The zero-order valence-corrected chi connectivity index (χ0v) is 18.0. The van der Waals surface area contributed by atoms with Gasteiger partial charge in [0, 0.05) is 0 Å². The zero-order valence-electron chi connectivity index (χ0n) is 17.2. The van der Waals surface area contributed by atoms with Gasteiger partial charge in [-0.1, -0.05) is 19.9 Å². The third-order valence-electron chi connectivity index (χ3n) is 4.71. The molecule has 0 aliphatic carbocycles. The first-order valence-corrected chi connectivity index (χ1v) is 10.8. The Labute approximate surface area is 183 Å². The number of fused-ring (bicyclic) bond motifs is 4. The van der Waals surface area contributed by atoms with E-state index in [9.17, 15) is 19.2 Å². The number of hydrogen-bond donors (Lipinski definition) is 2. The van der Waals surface area contributed by atoms with Gasteiger partial charge in [-0.05, 0) is 37.1 Å². The van der Waals surface area contributed by atoms with Gasteiger partial charge < -0.3 is 20.1 Å². The summed E-state index contributed by atoms with van der Waals surface area (Å²) in [6.07, 6.45) is 1.05. The summed E-state index contributed by atoms with van der Waals surface area (Å²) >= 11 is 1.06. The Balaban J connectivity index is 1.87. The van der Waals surface area contributed by atoms with Crippen LogP contribution in [0.1, 0.15) is 67.0 Å². The van der Waals surface area contributed by atoms with Crippen LogP contribution in [0.25, 0.3) is 0 Å². The number of nitrogens with one attached hydrogen (secondary N) is 2. The van der Waals surface area contributed by atoms with E-state index in [4.69, 9.17) is 9.47 Å². The Morgan fingerprint density at radius 1 is 0.839 bits per heavy atom. The molecule has 31 heavy (non-hydrogen) atoms. The molecule has 2 aromatic rings. The molecule has 0 radical (unpaired) electrons. The van der Waals surface area contributed by atoms with Crippen molar-refractivity contribution in [1.82, 2.24) is 15.6 Å². The van der Waals surface area contributed by atoms with Gasteiger partial charge in [-0.25, -0.2) is 14.6 Å². The van der Waals surface area contributed by atoms with Crippen molar-refractivity contribution in [2.75, 3.05) is 13.2 Å². The monoisotopic (exact) mass is 445 g/mol. The lowest BCUT2D eigenvalue weighted by molar-refractivity contribution is 0.0436. The van der Waals surface area contributed by atoms with Crippen LogP contribution in [-0.4, -0.2) is 54.0 Å². The fraction of sp³-hybridized carbons (Fsp3) is 0.381. The Morgan fingerprint density at radius 2 is 1.29 bits per heavy atom. The highest BCUT2D eigenvalue weighted by Gasteiger charge is 2.22. The Morgan fingerprint density at radius 3 is 1.71 bits per heavy atom. The summed E-state index contributed by atoms with van der Waals surface area (Å²) < 4.78 is 10.5. The minimum Gasteiger partial charge on any atom is -0.459 e. The maximum absolute atomic E-state index is 12.5. The average molecular weight is 445 g/mol. The highest BCUT2D eigenvalue weighted by Crippen LogP contribution is 2.17. The maximum Gasteiger partial charge on any atom is 0.357 e. The highest BCUT2D eigenvalue weighted by atomic mass is 32.1. The molecule has 4 bridgehead atoms. The van der Waals surface area contributed by atoms with E-state index in [1.807, 2.05) is 13.8 Å². The second kappa shape index (κ2) is 10.2. The molecule has 2 aromatic heterocycles. The first-order chi connectivity index (χ1) is 14.9. The van der Waals surface area contributed by atoms with E-state index in [0.717, 1.165) is 11.3 Å². The second-order valence-electron chi connectivity index (χ2n) is 6.93. The van der Waals surface area contributed by atoms with Crippen molar-refractivity contribution >= 4 is 35.1 Å². The van der Waals surface area contributed by atoms with Crippen LogP contribution in [0, 0.1) is 0 Å². The molecule has 0 aromatic carbocycles. The van der Waals surface area contributed by atoms with Gasteiger partial charge in [0.2, 0.25) is 0 Å². The fourth-order valence-corrected chi connectivity index (χ4v) is 3.59. The summed E-state index contributed by atoms with van der Waals surface area (Å²) in [5, 5.41) is 5.61. The van der Waals surface area contributed by atoms with Crippen LogP contribution < -0.4 is 10.6 Å². The number of pyridine rings is 1. The first kappa shape index (κ1) is 22.4. The van der Waals surface area contributed by atoms with Gasteiger partial charge in [-0.3, -0.25) is 9.59 Å². The molecule has 3 rings (SSSR count). The van der Waals surface area contributed by atoms with Crippen molar-refractivity contribution < 1.29 is 28.7 Å². The number of esters is 2. The Hall–Kier alpha value is -3.27. The van der Waals surface area contributed by atoms with Gasteiger partial charge in [0.15, 0.2) is 0 Å². The normalized spacial score (nSPS) is 20.6. The molecule has 0 unspecified atom stereocenters. The number of thiophene rings is 1. The lowest BCUT2D eigenvalue weighted by Gasteiger charge is -2.17. The summed E-state index contributed by atoms with van der Waals surface area (Å²) in [4.78, 5) is 54.6. The predicted octanol–water partition coefficient (Wildman–Crippen LogP) is 2.19. The quantitative estimate of drug-likeness (QED) is 0.679. The molecule has 2 N–H and O–H groups in total. The fourth-order valence-electron chi connectivity index (χ4n) is 2.78. The lowest BCUT2D eigenvalue weighted by atomic mass is 10.2. The third kappa shape index (κ3) is 5.66. The Bertz CT molecular complexity index is 917. The van der Waals surface area contributed by atoms with E-state index in [-0.39, 0.29) is 36.4 Å². The Kier molecular flexibility index (Phi) is 7.35. The van der Waals surface area contributed by atoms with E-state index in [1.54, 1.807) is 12.1 Å². The number of hydrogen-bond acceptors (Lipinski definition) is 8. The molecule has 9 nitrogen and oxygen atoms in total. The van der Waals surface area contributed by atoms with E-state index < -0.39 is 24.0 Å². The molecular formula is C21H23N3O6S. The summed E-state index contributed by atoms with van der Waals surface area (Å²) in [7, 11) is 0. The molecule has 1 aliphatic rings. The third-order valence-corrected chi connectivity index (χ3v) is 5.79. The average Bonchev–Trinajstić information content (AvgIpc) is 3.28. The molecule has 1 aliphatic heterocycles. The number of cyclic esters (lactones) is 2. The van der Waals surface area contributed by atoms with Crippen molar-refractivity contribution in [2.45, 2.75) is 38.8 Å². The predicted molar refractivity (Wildman–Crippen MR) is 112 cm³/mol. The van der Waals surface area contributed by atoms with Crippen LogP contribution in [0.2, 0.25) is 0 Å². The molecule has 164 valence electrons. The number of carbonyl (C=O) groups excluding carboxylic acids is 4. The summed E-state index contributed by atoms with van der Waals surface area (Å²) in [6.45, 7) is 3.57. The molecule has 0 fully saturated rings. The topological polar surface area (TPSA) is 124 Å². The maximum atomic E-state index is 12.5. The van der Waals surface area contributed by atoms with Gasteiger partial charge >= 0.3 is 11.9 Å². The van der Waals surface area contributed by atoms with E-state index >= 15 is 0 Å². The standard InChI is InChI=1S/C21H23N3O6S/c1-3-12-10-29-20(27)14-6-5-7-15(24-14)21(28)30-11-13(4-2)23-19(26)17-9-8-16(31-17)18(25)22-12/h5-9,12-13H,3-4,10-11H2,1-2H3,(H,22,25)(H,23,26)/t12-,13+. The SMILES string of the molecule is CC[C@@H]1COC(=O)c2cccc(n2)C(=O)OC[C@H](CC)NC(=O)c2ccc(s2)C(=O)N1. The number of nitrogens with zero attached hydrogens (tertiary/aromatic N) is 1. The van der Waals surface area contributed by atoms with Gasteiger partial charge in [0.05, 0.1) is 21.8 Å². The molecule has 0 spiro atoms. The van der Waals surface area contributed by atoms with E-state index in [1.165, 1.54) is 18.2 Å². The molecule has 10 heteroatoms. The molecule has 0 saturated heterocycles. The number of rotatable bonds is 2. The van der Waals surface area contributed by atoms with Crippen molar-refractivity contribution in [3.63, 3.8) is 0 Å². The van der Waals surface area contributed by atoms with Crippen molar-refractivity contribution in [1.29, 1.82) is 0 Å². The molecule has 2 atom stereocenters. The first-order valence-electron chi connectivity index (χ1n) is 9.94. The van der Waals surface area contributed by atoms with E-state index in [0.29, 0.717) is 22.6 Å². The number of amides is 2. The van der Waals surface area contributed by atoms with Gasteiger partial charge in [-0.2, -0.15) is 0 Å². The molecule has 3 heterocycles. The number of aromatic nitrogens is 1. The lowest BCUT2D eigenvalue weighted by Crippen LogP contribution is -2.38. The summed E-state index contributed by atoms with van der Waals surface area (Å²) in [6, 6.07) is 6.65. The zero-order chi connectivity index (χ0) is 22.4. The smallest absolute Gasteiger partial charge is 0.357 e. The van der Waals surface area contributed by atoms with Crippen LogP contribution in [-0.2, 0) is 9.47 Å². The minimum absolute atomic E-state index is 0.0417. The van der Waals surface area contributed by atoms with Crippen molar-refractivity contribution in [3.05, 3.63) is 51.5 Å². The largest absolute Gasteiger partial charge is 0.459 e. The van der Waals surface area contributed by atoms with Crippen LogP contribution in [0.4, 0.5) is 0 Å². The molecule has 0 saturated carbocycles. The van der Waals surface area contributed by atoms with Gasteiger partial charge in [-0.15, -0.1) is 11.3 Å². The van der Waals surface area contributed by atoms with Crippen molar-refractivity contribution in [2.24, 2.45) is 0 Å². The second-order valence-corrected chi connectivity index (χ2v) is 8.01. The summed E-state index contributed by atoms with van der Waals surface area (Å²) in [5.74, 6) is -2.12. The van der Waals surface area contributed by atoms with Crippen LogP contribution in [0.5, 0.6) is 0 Å². The number of ether oxygens (including phenoxy) is 2.